The van der Waals surface area contributed by atoms with Crippen LogP contribution in [0.25, 0.3) is 10.9 Å². The Kier molecular flexibility index (Phi) is 3.49. The zero-order valence-corrected chi connectivity index (χ0v) is 12.6. The molecule has 4 heteroatoms. The van der Waals surface area contributed by atoms with Crippen molar-refractivity contribution in [3.8, 4) is 0 Å². The van der Waals surface area contributed by atoms with E-state index in [4.69, 9.17) is 0 Å². The topological polar surface area (TPSA) is 56.3 Å². The number of H-pyrrole nitrogens is 1. The lowest BCUT2D eigenvalue weighted by atomic mass is 9.88. The molecule has 1 aromatic carbocycles. The Morgan fingerprint density at radius 1 is 1.38 bits per heavy atom. The fourth-order valence-corrected chi connectivity index (χ4v) is 3.40. The second-order valence-corrected chi connectivity index (χ2v) is 6.23. The minimum Gasteiger partial charge on any atom is -0.480 e. The van der Waals surface area contributed by atoms with Gasteiger partial charge in [-0.2, -0.15) is 0 Å². The number of aliphatic carboxylic acids is 1. The zero-order chi connectivity index (χ0) is 15.0. The van der Waals surface area contributed by atoms with Crippen molar-refractivity contribution in [1.29, 1.82) is 0 Å². The number of carboxylic acids is 1. The van der Waals surface area contributed by atoms with Crippen LogP contribution in [0.4, 0.5) is 0 Å². The molecular formula is C17H22N2O2. The summed E-state index contributed by atoms with van der Waals surface area (Å²) in [6, 6.07) is 8.23. The quantitative estimate of drug-likeness (QED) is 0.910. The molecule has 0 spiro atoms. The molecule has 2 N–H and O–H groups in total. The minimum absolute atomic E-state index is 0.693. The number of carbonyl (C=O) groups is 1. The maximum Gasteiger partial charge on any atom is 0.323 e. The predicted octanol–water partition coefficient (Wildman–Crippen LogP) is 3.31. The maximum atomic E-state index is 11.7. The van der Waals surface area contributed by atoms with Crippen molar-refractivity contribution in [2.75, 3.05) is 6.54 Å². The second kappa shape index (κ2) is 5.19. The number of rotatable bonds is 3. The summed E-state index contributed by atoms with van der Waals surface area (Å²) in [6.45, 7) is 5.47. The molecule has 3 rings (SSSR count). The number of aromatic nitrogens is 1. The van der Waals surface area contributed by atoms with Crippen molar-refractivity contribution in [1.82, 2.24) is 9.88 Å². The van der Waals surface area contributed by atoms with Crippen molar-refractivity contribution in [3.05, 3.63) is 35.5 Å². The van der Waals surface area contributed by atoms with Crippen molar-refractivity contribution >= 4 is 16.9 Å². The molecule has 21 heavy (non-hydrogen) atoms. The summed E-state index contributed by atoms with van der Waals surface area (Å²) in [5.74, 6) is -0.709. The highest BCUT2D eigenvalue weighted by Crippen LogP contribution is 2.32. The number of nitrogens with zero attached hydrogens (tertiary/aromatic N) is 1. The summed E-state index contributed by atoms with van der Waals surface area (Å²) in [4.78, 5) is 17.2. The van der Waals surface area contributed by atoms with Gasteiger partial charge in [-0.25, -0.2) is 0 Å². The van der Waals surface area contributed by atoms with E-state index in [9.17, 15) is 9.90 Å². The van der Waals surface area contributed by atoms with Crippen molar-refractivity contribution in [2.24, 2.45) is 0 Å². The molecule has 112 valence electrons. The van der Waals surface area contributed by atoms with Crippen molar-refractivity contribution in [2.45, 2.75) is 45.2 Å². The van der Waals surface area contributed by atoms with Gasteiger partial charge in [0.25, 0.3) is 0 Å². The van der Waals surface area contributed by atoms with Gasteiger partial charge in [-0.1, -0.05) is 18.2 Å². The van der Waals surface area contributed by atoms with E-state index in [1.807, 2.05) is 19.1 Å². The van der Waals surface area contributed by atoms with Crippen LogP contribution in [0.3, 0.4) is 0 Å². The van der Waals surface area contributed by atoms with Crippen LogP contribution in [-0.4, -0.2) is 33.0 Å². The van der Waals surface area contributed by atoms with E-state index < -0.39 is 11.5 Å². The number of likely N-dealkylation sites (tertiary alicyclic amines) is 1. The van der Waals surface area contributed by atoms with E-state index in [1.165, 1.54) is 10.9 Å². The number of para-hydroxylation sites is 1. The van der Waals surface area contributed by atoms with E-state index in [0.29, 0.717) is 6.54 Å². The van der Waals surface area contributed by atoms with Gasteiger partial charge in [0.2, 0.25) is 0 Å². The van der Waals surface area contributed by atoms with E-state index in [0.717, 1.165) is 37.0 Å². The Balaban J connectivity index is 1.97. The van der Waals surface area contributed by atoms with Gasteiger partial charge < -0.3 is 10.1 Å². The zero-order valence-electron chi connectivity index (χ0n) is 12.6. The largest absolute Gasteiger partial charge is 0.480 e. The first kappa shape index (κ1) is 14.1. The Labute approximate surface area is 124 Å². The molecule has 1 aliphatic heterocycles. The fraction of sp³-hybridized carbons (Fsp3) is 0.471. The molecule has 1 aliphatic rings. The average molecular weight is 286 g/mol. The van der Waals surface area contributed by atoms with Gasteiger partial charge in [0.05, 0.1) is 0 Å². The van der Waals surface area contributed by atoms with Crippen molar-refractivity contribution < 1.29 is 9.90 Å². The Morgan fingerprint density at radius 3 is 2.90 bits per heavy atom. The fourth-order valence-electron chi connectivity index (χ4n) is 3.40. The predicted molar refractivity (Wildman–Crippen MR) is 83.3 cm³/mol. The van der Waals surface area contributed by atoms with Gasteiger partial charge >= 0.3 is 5.97 Å². The van der Waals surface area contributed by atoms with E-state index >= 15 is 0 Å². The van der Waals surface area contributed by atoms with E-state index in [-0.39, 0.29) is 0 Å². The van der Waals surface area contributed by atoms with Crippen molar-refractivity contribution in [3.63, 3.8) is 0 Å². The van der Waals surface area contributed by atoms with Gasteiger partial charge in [0.1, 0.15) is 5.54 Å². The smallest absolute Gasteiger partial charge is 0.323 e. The standard InChI is InChI=1S/C17H22N2O2/c1-12-14(13-7-3-4-8-15(13)18-12)11-19-10-6-5-9-17(19,2)16(20)21/h3-4,7-8,18H,5-6,9-11H2,1-2H3,(H,20,21). The second-order valence-electron chi connectivity index (χ2n) is 6.23. The molecule has 0 saturated carbocycles. The molecule has 1 saturated heterocycles. The van der Waals surface area contributed by atoms with Crippen LogP contribution in [-0.2, 0) is 11.3 Å². The Bertz CT molecular complexity index is 676. The SMILES string of the molecule is Cc1[nH]c2ccccc2c1CN1CCCCC1(C)C(=O)O. The summed E-state index contributed by atoms with van der Waals surface area (Å²) in [7, 11) is 0. The minimum atomic E-state index is -0.747. The summed E-state index contributed by atoms with van der Waals surface area (Å²) in [6.07, 6.45) is 2.79. The van der Waals surface area contributed by atoms with Gasteiger partial charge in [0, 0.05) is 23.1 Å². The van der Waals surface area contributed by atoms with Crippen LogP contribution in [0.15, 0.2) is 24.3 Å². The average Bonchev–Trinajstić information content (AvgIpc) is 2.77. The van der Waals surface area contributed by atoms with Gasteiger partial charge in [0.15, 0.2) is 0 Å². The molecule has 0 amide bonds. The number of aryl methyl sites for hydroxylation is 1. The van der Waals surface area contributed by atoms with Gasteiger partial charge in [-0.3, -0.25) is 9.69 Å². The highest BCUT2D eigenvalue weighted by Gasteiger charge is 2.41. The molecule has 0 radical (unpaired) electrons. The number of aromatic amines is 1. The normalized spacial score (nSPS) is 23.5. The monoisotopic (exact) mass is 286 g/mol. The molecule has 4 nitrogen and oxygen atoms in total. The lowest BCUT2D eigenvalue weighted by Crippen LogP contribution is -2.54. The molecule has 0 bridgehead atoms. The van der Waals surface area contributed by atoms with Crippen LogP contribution in [0, 0.1) is 6.92 Å². The Morgan fingerprint density at radius 2 is 2.14 bits per heavy atom. The maximum absolute atomic E-state index is 11.7. The third kappa shape index (κ3) is 2.33. The van der Waals surface area contributed by atoms with Crippen LogP contribution in [0.5, 0.6) is 0 Å². The number of carboxylic acid groups (broad SMARTS) is 1. The van der Waals surface area contributed by atoms with Crippen LogP contribution in [0.1, 0.15) is 37.4 Å². The third-order valence-corrected chi connectivity index (χ3v) is 4.88. The summed E-state index contributed by atoms with van der Waals surface area (Å²) < 4.78 is 0. The Hall–Kier alpha value is -1.81. The van der Waals surface area contributed by atoms with Crippen LogP contribution in [0.2, 0.25) is 0 Å². The van der Waals surface area contributed by atoms with Gasteiger partial charge in [-0.05, 0) is 51.3 Å². The highest BCUT2D eigenvalue weighted by atomic mass is 16.4. The summed E-state index contributed by atoms with van der Waals surface area (Å²) in [5, 5.41) is 10.8. The molecule has 1 aromatic heterocycles. The molecular weight excluding hydrogens is 264 g/mol. The van der Waals surface area contributed by atoms with Crippen LogP contribution >= 0.6 is 0 Å². The molecule has 1 fully saturated rings. The molecule has 2 aromatic rings. The lowest BCUT2D eigenvalue weighted by Gasteiger charge is -2.41. The van der Waals surface area contributed by atoms with E-state index in [1.54, 1.807) is 0 Å². The molecule has 0 aliphatic carbocycles. The summed E-state index contributed by atoms with van der Waals surface area (Å²) in [5.41, 5.74) is 2.73. The number of piperidine rings is 1. The number of nitrogens with one attached hydrogen (secondary N) is 1. The first-order valence-electron chi connectivity index (χ1n) is 7.57. The van der Waals surface area contributed by atoms with Gasteiger partial charge in [-0.15, -0.1) is 0 Å². The highest BCUT2D eigenvalue weighted by molar-refractivity contribution is 5.84. The number of fused-ring (bicyclic) bond motifs is 1. The first-order chi connectivity index (χ1) is 10.0. The lowest BCUT2D eigenvalue weighted by molar-refractivity contribution is -0.153. The number of benzene rings is 1. The summed E-state index contributed by atoms with van der Waals surface area (Å²) >= 11 is 0. The molecule has 1 atom stereocenters. The third-order valence-electron chi connectivity index (χ3n) is 4.88. The van der Waals surface area contributed by atoms with E-state index in [2.05, 4.69) is 28.9 Å². The first-order valence-corrected chi connectivity index (χ1v) is 7.57. The number of hydrogen-bond acceptors (Lipinski definition) is 2. The molecule has 2 heterocycles. The number of hydrogen-bond donors (Lipinski definition) is 2. The van der Waals surface area contributed by atoms with Crippen LogP contribution < -0.4 is 0 Å². The molecule has 1 unspecified atom stereocenters.